The number of hydrogen-bond acceptors (Lipinski definition) is 6. The van der Waals surface area contributed by atoms with E-state index in [9.17, 15) is 14.4 Å². The summed E-state index contributed by atoms with van der Waals surface area (Å²) in [5, 5.41) is 3.94. The second kappa shape index (κ2) is 11.5. The van der Waals surface area contributed by atoms with Gasteiger partial charge in [-0.1, -0.05) is 0 Å². The molecule has 1 aromatic heterocycles. The molecule has 35 heavy (non-hydrogen) atoms. The Morgan fingerprint density at radius 1 is 1.03 bits per heavy atom. The molecule has 2 fully saturated rings. The number of hydrogen-bond donors (Lipinski definition) is 1. The van der Waals surface area contributed by atoms with Crippen molar-refractivity contribution in [2.75, 3.05) is 43.0 Å². The van der Waals surface area contributed by atoms with Gasteiger partial charge in [0.25, 0.3) is 0 Å². The Balaban J connectivity index is 1.29. The number of fused-ring (bicyclic) bond motifs is 1. The number of anilines is 2. The van der Waals surface area contributed by atoms with E-state index in [-0.39, 0.29) is 36.5 Å². The van der Waals surface area contributed by atoms with Crippen molar-refractivity contribution in [1.29, 1.82) is 0 Å². The van der Waals surface area contributed by atoms with Gasteiger partial charge in [-0.05, 0) is 75.8 Å². The van der Waals surface area contributed by atoms with Gasteiger partial charge in [0, 0.05) is 50.1 Å². The average Bonchev–Trinajstić information content (AvgIpc) is 2.88. The summed E-state index contributed by atoms with van der Waals surface area (Å²) in [6.07, 6.45) is 5.20. The Hall–Kier alpha value is -3.16. The predicted octanol–water partition coefficient (Wildman–Crippen LogP) is 4.05. The molecular formula is C27H36N4O4. The van der Waals surface area contributed by atoms with Crippen LogP contribution >= 0.6 is 0 Å². The maximum atomic E-state index is 12.6. The van der Waals surface area contributed by atoms with Crippen LogP contribution in [0.5, 0.6) is 0 Å². The molecule has 4 rings (SSSR count). The van der Waals surface area contributed by atoms with Gasteiger partial charge in [0.15, 0.2) is 0 Å². The fraction of sp³-hybridized carbons (Fsp3) is 0.556. The van der Waals surface area contributed by atoms with E-state index in [4.69, 9.17) is 9.72 Å². The number of piperidine rings is 2. The summed E-state index contributed by atoms with van der Waals surface area (Å²) in [5.74, 6) is 0.476. The van der Waals surface area contributed by atoms with Crippen LogP contribution in [-0.4, -0.2) is 60.5 Å². The molecule has 8 nitrogen and oxygen atoms in total. The summed E-state index contributed by atoms with van der Waals surface area (Å²) in [6, 6.07) is 7.90. The number of esters is 1. The van der Waals surface area contributed by atoms with Crippen molar-refractivity contribution in [3.63, 3.8) is 0 Å². The molecule has 1 aromatic carbocycles. The van der Waals surface area contributed by atoms with Crippen molar-refractivity contribution >= 4 is 40.2 Å². The second-order valence-electron chi connectivity index (χ2n) is 9.53. The first-order valence-corrected chi connectivity index (χ1v) is 12.8. The number of aryl methyl sites for hydroxylation is 1. The van der Waals surface area contributed by atoms with Crippen LogP contribution < -0.4 is 10.2 Å². The van der Waals surface area contributed by atoms with Gasteiger partial charge in [0.05, 0.1) is 18.0 Å². The highest BCUT2D eigenvalue weighted by Crippen LogP contribution is 2.27. The molecule has 1 N–H and O–H groups in total. The molecule has 2 aliphatic heterocycles. The fourth-order valence-electron chi connectivity index (χ4n) is 4.97. The van der Waals surface area contributed by atoms with E-state index in [1.165, 1.54) is 19.3 Å². The first-order valence-electron chi connectivity index (χ1n) is 12.8. The van der Waals surface area contributed by atoms with E-state index in [1.54, 1.807) is 11.8 Å². The van der Waals surface area contributed by atoms with Gasteiger partial charge in [-0.2, -0.15) is 0 Å². The molecule has 0 bridgehead atoms. The van der Waals surface area contributed by atoms with Crippen LogP contribution in [0.15, 0.2) is 24.3 Å². The summed E-state index contributed by atoms with van der Waals surface area (Å²) in [6.45, 7) is 7.40. The minimum absolute atomic E-state index is 0.0498. The zero-order chi connectivity index (χ0) is 24.8. The van der Waals surface area contributed by atoms with E-state index in [0.29, 0.717) is 38.2 Å². The predicted molar refractivity (Wildman–Crippen MR) is 136 cm³/mol. The summed E-state index contributed by atoms with van der Waals surface area (Å²) >= 11 is 0. The largest absolute Gasteiger partial charge is 0.466 e. The number of nitrogens with zero attached hydrogens (tertiary/aromatic N) is 3. The molecule has 0 saturated carbocycles. The number of pyridine rings is 1. The highest BCUT2D eigenvalue weighted by molar-refractivity contribution is 5.96. The molecule has 3 heterocycles. The number of ether oxygens (including phenoxy) is 1. The van der Waals surface area contributed by atoms with Gasteiger partial charge in [-0.3, -0.25) is 14.4 Å². The molecule has 0 unspecified atom stereocenters. The lowest BCUT2D eigenvalue weighted by molar-refractivity contribution is -0.151. The third-order valence-corrected chi connectivity index (χ3v) is 7.00. The SMILES string of the molecule is CCOC(=O)C1CCN(C(=O)CCC(=O)Nc2ccc3nc(N4CCCCC4)cc(C)c3c2)CC1. The van der Waals surface area contributed by atoms with Crippen LogP contribution in [0.3, 0.4) is 0 Å². The number of carbonyl (C=O) groups is 3. The number of benzene rings is 1. The van der Waals surface area contributed by atoms with Crippen LogP contribution in [0.2, 0.25) is 0 Å². The smallest absolute Gasteiger partial charge is 0.309 e. The van der Waals surface area contributed by atoms with Gasteiger partial charge in [-0.25, -0.2) is 4.98 Å². The quantitative estimate of drug-likeness (QED) is 0.601. The molecule has 2 saturated heterocycles. The topological polar surface area (TPSA) is 91.8 Å². The van der Waals surface area contributed by atoms with Crippen LogP contribution in [0.4, 0.5) is 11.5 Å². The Kier molecular flexibility index (Phi) is 8.21. The van der Waals surface area contributed by atoms with E-state index < -0.39 is 0 Å². The molecule has 0 atom stereocenters. The average molecular weight is 481 g/mol. The number of amides is 2. The Morgan fingerprint density at radius 3 is 2.49 bits per heavy atom. The molecule has 2 amide bonds. The molecule has 188 valence electrons. The zero-order valence-electron chi connectivity index (χ0n) is 20.8. The standard InChI is InChI=1S/C27H36N4O4/c1-3-35-27(34)20-11-15-31(16-12-20)26(33)10-9-25(32)28-21-7-8-23-22(18-21)19(2)17-24(29-23)30-13-5-4-6-14-30/h7-8,17-18,20H,3-6,9-16H2,1-2H3,(H,28,32). The van der Waals surface area contributed by atoms with Crippen LogP contribution in [0.1, 0.15) is 57.4 Å². The Morgan fingerprint density at radius 2 is 1.77 bits per heavy atom. The molecule has 2 aromatic rings. The summed E-state index contributed by atoms with van der Waals surface area (Å²) < 4.78 is 5.08. The normalized spacial score (nSPS) is 16.9. The second-order valence-corrected chi connectivity index (χ2v) is 9.53. The molecule has 0 spiro atoms. The maximum absolute atomic E-state index is 12.6. The van der Waals surface area contributed by atoms with Crippen LogP contribution in [-0.2, 0) is 19.1 Å². The maximum Gasteiger partial charge on any atom is 0.309 e. The van der Waals surface area contributed by atoms with Gasteiger partial charge in [0.1, 0.15) is 5.82 Å². The highest BCUT2D eigenvalue weighted by atomic mass is 16.5. The number of nitrogens with one attached hydrogen (secondary N) is 1. The highest BCUT2D eigenvalue weighted by Gasteiger charge is 2.28. The third-order valence-electron chi connectivity index (χ3n) is 7.00. The van der Waals surface area contributed by atoms with E-state index in [1.807, 2.05) is 18.2 Å². The Bertz CT molecular complexity index is 1070. The third kappa shape index (κ3) is 6.29. The molecular weight excluding hydrogens is 444 g/mol. The molecule has 0 radical (unpaired) electrons. The monoisotopic (exact) mass is 480 g/mol. The van der Waals surface area contributed by atoms with Gasteiger partial charge >= 0.3 is 5.97 Å². The summed E-state index contributed by atoms with van der Waals surface area (Å²) in [7, 11) is 0. The van der Waals surface area contributed by atoms with Crippen molar-refractivity contribution in [3.8, 4) is 0 Å². The van der Waals surface area contributed by atoms with Crippen molar-refractivity contribution in [2.24, 2.45) is 5.92 Å². The van der Waals surface area contributed by atoms with E-state index in [2.05, 4.69) is 23.2 Å². The van der Waals surface area contributed by atoms with Crippen LogP contribution in [0.25, 0.3) is 10.9 Å². The molecule has 2 aliphatic rings. The minimum Gasteiger partial charge on any atom is -0.466 e. The fourth-order valence-corrected chi connectivity index (χ4v) is 4.97. The van der Waals surface area contributed by atoms with Gasteiger partial charge < -0.3 is 19.9 Å². The molecule has 8 heteroatoms. The molecule has 0 aliphatic carbocycles. The first-order chi connectivity index (χ1) is 16.9. The lowest BCUT2D eigenvalue weighted by Gasteiger charge is -2.30. The van der Waals surface area contributed by atoms with Gasteiger partial charge in [-0.15, -0.1) is 0 Å². The van der Waals surface area contributed by atoms with E-state index in [0.717, 1.165) is 35.4 Å². The van der Waals surface area contributed by atoms with Crippen molar-refractivity contribution in [3.05, 3.63) is 29.8 Å². The minimum atomic E-state index is -0.186. The summed E-state index contributed by atoms with van der Waals surface area (Å²) in [4.78, 5) is 45.9. The number of rotatable bonds is 7. The number of likely N-dealkylation sites (tertiary alicyclic amines) is 1. The first kappa shape index (κ1) is 24.9. The number of carbonyl (C=O) groups excluding carboxylic acids is 3. The van der Waals surface area contributed by atoms with E-state index >= 15 is 0 Å². The van der Waals surface area contributed by atoms with Crippen molar-refractivity contribution in [2.45, 2.75) is 58.8 Å². The Labute approximate surface area is 207 Å². The lowest BCUT2D eigenvalue weighted by atomic mass is 9.96. The number of aromatic nitrogens is 1. The van der Waals surface area contributed by atoms with Crippen molar-refractivity contribution < 1.29 is 19.1 Å². The zero-order valence-corrected chi connectivity index (χ0v) is 20.8. The summed E-state index contributed by atoms with van der Waals surface area (Å²) in [5.41, 5.74) is 2.76. The van der Waals surface area contributed by atoms with Gasteiger partial charge in [0.2, 0.25) is 11.8 Å². The van der Waals surface area contributed by atoms with Crippen LogP contribution in [0, 0.1) is 12.8 Å². The lowest BCUT2D eigenvalue weighted by Crippen LogP contribution is -2.40. The van der Waals surface area contributed by atoms with Crippen molar-refractivity contribution in [1.82, 2.24) is 9.88 Å².